The lowest BCUT2D eigenvalue weighted by molar-refractivity contribution is 0.277. The quantitative estimate of drug-likeness (QED) is 0.582. The number of aliphatic imine (C=N–C) groups is 2. The van der Waals surface area contributed by atoms with E-state index < -0.39 is 0 Å². The molecule has 78 valence electrons. The van der Waals surface area contributed by atoms with Crippen molar-refractivity contribution in [2.24, 2.45) is 9.98 Å². The predicted molar refractivity (Wildman–Crippen MR) is 60.3 cm³/mol. The van der Waals surface area contributed by atoms with Crippen LogP contribution in [-0.2, 0) is 4.74 Å². The van der Waals surface area contributed by atoms with Crippen LogP contribution in [0.5, 0.6) is 0 Å². The van der Waals surface area contributed by atoms with Crippen LogP contribution in [0.1, 0.15) is 27.7 Å². The van der Waals surface area contributed by atoms with E-state index in [1.54, 1.807) is 0 Å². The number of hydrogen-bond acceptors (Lipinski definition) is 3. The normalized spacial score (nSPS) is 22.0. The fourth-order valence-corrected chi connectivity index (χ4v) is 1.24. The van der Waals surface area contributed by atoms with Crippen molar-refractivity contribution in [2.45, 2.75) is 33.2 Å². The van der Waals surface area contributed by atoms with Crippen LogP contribution in [0.3, 0.4) is 0 Å². The SMILES string of the molecule is CC1=NC(C)(C)CO1.CC1=NCC=C1. The molecule has 0 amide bonds. The molecule has 0 saturated heterocycles. The van der Waals surface area contributed by atoms with Gasteiger partial charge in [0.2, 0.25) is 0 Å². The second-order valence-corrected chi connectivity index (χ2v) is 4.12. The van der Waals surface area contributed by atoms with E-state index in [9.17, 15) is 0 Å². The van der Waals surface area contributed by atoms with E-state index in [0.29, 0.717) is 0 Å². The minimum atomic E-state index is 0.0318. The fourth-order valence-electron chi connectivity index (χ4n) is 1.24. The molecule has 2 rings (SSSR count). The van der Waals surface area contributed by atoms with E-state index in [-0.39, 0.29) is 5.54 Å². The average Bonchev–Trinajstić information content (AvgIpc) is 2.62. The zero-order valence-corrected chi connectivity index (χ0v) is 9.37. The Kier molecular flexibility index (Phi) is 3.44. The summed E-state index contributed by atoms with van der Waals surface area (Å²) in [5, 5.41) is 0. The van der Waals surface area contributed by atoms with Gasteiger partial charge in [-0.25, -0.2) is 4.99 Å². The van der Waals surface area contributed by atoms with Crippen molar-refractivity contribution in [3.63, 3.8) is 0 Å². The molecule has 3 nitrogen and oxygen atoms in total. The number of hydrogen-bond donors (Lipinski definition) is 0. The van der Waals surface area contributed by atoms with Crippen LogP contribution < -0.4 is 0 Å². The highest BCUT2D eigenvalue weighted by Crippen LogP contribution is 2.15. The highest BCUT2D eigenvalue weighted by Gasteiger charge is 2.23. The molecule has 0 spiro atoms. The van der Waals surface area contributed by atoms with E-state index in [2.05, 4.69) is 29.9 Å². The maximum absolute atomic E-state index is 5.12. The zero-order chi connectivity index (χ0) is 10.6. The summed E-state index contributed by atoms with van der Waals surface area (Å²) < 4.78 is 5.12. The van der Waals surface area contributed by atoms with Gasteiger partial charge in [-0.3, -0.25) is 4.99 Å². The first-order valence-electron chi connectivity index (χ1n) is 4.86. The molecule has 14 heavy (non-hydrogen) atoms. The molecule has 2 aliphatic heterocycles. The number of ether oxygens (including phenoxy) is 1. The molecule has 3 heteroatoms. The van der Waals surface area contributed by atoms with E-state index in [1.807, 2.05) is 19.9 Å². The second-order valence-electron chi connectivity index (χ2n) is 4.12. The van der Waals surface area contributed by atoms with Crippen molar-refractivity contribution in [1.29, 1.82) is 0 Å². The molecular weight excluding hydrogens is 176 g/mol. The lowest BCUT2D eigenvalue weighted by atomic mass is 10.1. The molecule has 0 atom stereocenters. The first kappa shape index (κ1) is 11.0. The second kappa shape index (κ2) is 4.40. The van der Waals surface area contributed by atoms with Crippen LogP contribution in [0.4, 0.5) is 0 Å². The summed E-state index contributed by atoms with van der Waals surface area (Å²) in [7, 11) is 0. The Morgan fingerprint density at radius 3 is 2.21 bits per heavy atom. The summed E-state index contributed by atoms with van der Waals surface area (Å²) in [6.45, 7) is 9.63. The standard InChI is InChI=1S/C6H11NO.C5H7N/c1-5-7-6(2,3)4-8-5;1-5-3-2-4-6-5/h4H2,1-3H3;2-3H,4H2,1H3. The molecule has 0 N–H and O–H groups in total. The third-order valence-corrected chi connectivity index (χ3v) is 1.90. The van der Waals surface area contributed by atoms with Crippen LogP contribution in [0.25, 0.3) is 0 Å². The first-order valence-corrected chi connectivity index (χ1v) is 4.86. The van der Waals surface area contributed by atoms with Crippen molar-refractivity contribution < 1.29 is 4.74 Å². The van der Waals surface area contributed by atoms with Gasteiger partial charge in [0.1, 0.15) is 6.61 Å². The number of allylic oxidation sites excluding steroid dienone is 1. The maximum atomic E-state index is 5.12. The third-order valence-electron chi connectivity index (χ3n) is 1.90. The van der Waals surface area contributed by atoms with Crippen LogP contribution in [-0.4, -0.2) is 30.3 Å². The molecule has 0 aromatic heterocycles. The summed E-state index contributed by atoms with van der Waals surface area (Å²) in [4.78, 5) is 8.26. The minimum absolute atomic E-state index is 0.0318. The molecule has 0 aliphatic carbocycles. The molecule has 0 aromatic rings. The largest absolute Gasteiger partial charge is 0.479 e. The molecule has 2 aliphatic rings. The summed E-state index contributed by atoms with van der Waals surface area (Å²) in [6, 6.07) is 0. The Hall–Kier alpha value is -1.12. The smallest absolute Gasteiger partial charge is 0.180 e. The Morgan fingerprint density at radius 1 is 1.36 bits per heavy atom. The molecule has 0 radical (unpaired) electrons. The zero-order valence-electron chi connectivity index (χ0n) is 9.37. The van der Waals surface area contributed by atoms with Crippen molar-refractivity contribution in [2.75, 3.05) is 13.2 Å². The van der Waals surface area contributed by atoms with Gasteiger partial charge in [-0.15, -0.1) is 0 Å². The highest BCUT2D eigenvalue weighted by molar-refractivity contribution is 5.94. The van der Waals surface area contributed by atoms with Crippen molar-refractivity contribution in [1.82, 2.24) is 0 Å². The van der Waals surface area contributed by atoms with Gasteiger partial charge in [-0.05, 0) is 26.8 Å². The first-order chi connectivity index (χ1) is 6.49. The predicted octanol–water partition coefficient (Wildman–Crippen LogP) is 2.23. The summed E-state index contributed by atoms with van der Waals surface area (Å²) in [5.74, 6) is 0.815. The maximum Gasteiger partial charge on any atom is 0.180 e. The van der Waals surface area contributed by atoms with Crippen LogP contribution >= 0.6 is 0 Å². The third kappa shape index (κ3) is 3.73. The summed E-state index contributed by atoms with van der Waals surface area (Å²) in [6.07, 6.45) is 4.08. The molecule has 0 aromatic carbocycles. The Labute approximate surface area is 85.6 Å². The van der Waals surface area contributed by atoms with Gasteiger partial charge >= 0.3 is 0 Å². The monoisotopic (exact) mass is 194 g/mol. The van der Waals surface area contributed by atoms with Gasteiger partial charge in [-0.1, -0.05) is 6.08 Å². The Bertz CT molecular complexity index is 285. The Morgan fingerprint density at radius 2 is 2.07 bits per heavy atom. The molecule has 0 saturated carbocycles. The minimum Gasteiger partial charge on any atom is -0.479 e. The number of nitrogens with zero attached hydrogens (tertiary/aromatic N) is 2. The van der Waals surface area contributed by atoms with E-state index >= 15 is 0 Å². The van der Waals surface area contributed by atoms with Crippen molar-refractivity contribution >= 4 is 11.6 Å². The summed E-state index contributed by atoms with van der Waals surface area (Å²) in [5.41, 5.74) is 1.18. The number of rotatable bonds is 0. The van der Waals surface area contributed by atoms with Gasteiger partial charge in [0.15, 0.2) is 5.90 Å². The van der Waals surface area contributed by atoms with Crippen molar-refractivity contribution in [3.05, 3.63) is 12.2 Å². The molecule has 2 heterocycles. The average molecular weight is 194 g/mol. The van der Waals surface area contributed by atoms with Crippen LogP contribution in [0.15, 0.2) is 22.1 Å². The van der Waals surface area contributed by atoms with Gasteiger partial charge in [0.05, 0.1) is 12.1 Å². The molecular formula is C11H18N2O. The van der Waals surface area contributed by atoms with Gasteiger partial charge < -0.3 is 4.74 Å². The Balaban J connectivity index is 0.000000146. The molecule has 0 bridgehead atoms. The summed E-state index contributed by atoms with van der Waals surface area (Å²) >= 11 is 0. The molecule has 0 fully saturated rings. The van der Waals surface area contributed by atoms with Gasteiger partial charge in [0, 0.05) is 12.6 Å². The molecule has 0 unspecified atom stereocenters. The topological polar surface area (TPSA) is 34.0 Å². The van der Waals surface area contributed by atoms with Crippen molar-refractivity contribution in [3.8, 4) is 0 Å². The van der Waals surface area contributed by atoms with E-state index in [4.69, 9.17) is 4.74 Å². The van der Waals surface area contributed by atoms with E-state index in [0.717, 1.165) is 24.8 Å². The fraction of sp³-hybridized carbons (Fsp3) is 0.636. The lowest BCUT2D eigenvalue weighted by Gasteiger charge is -2.07. The van der Waals surface area contributed by atoms with E-state index in [1.165, 1.54) is 0 Å². The lowest BCUT2D eigenvalue weighted by Crippen LogP contribution is -2.17. The highest BCUT2D eigenvalue weighted by atomic mass is 16.5. The van der Waals surface area contributed by atoms with Gasteiger partial charge in [0.25, 0.3) is 0 Å². The van der Waals surface area contributed by atoms with Crippen LogP contribution in [0, 0.1) is 0 Å². The van der Waals surface area contributed by atoms with Crippen LogP contribution in [0.2, 0.25) is 0 Å². The van der Waals surface area contributed by atoms with Gasteiger partial charge in [-0.2, -0.15) is 0 Å².